The summed E-state index contributed by atoms with van der Waals surface area (Å²) in [5.74, 6) is 0.208. The average Bonchev–Trinajstić information content (AvgIpc) is 2.88. The van der Waals surface area contributed by atoms with Crippen LogP contribution in [0.3, 0.4) is 0 Å². The predicted octanol–water partition coefficient (Wildman–Crippen LogP) is 3.27. The van der Waals surface area contributed by atoms with Crippen molar-refractivity contribution < 1.29 is 23.6 Å². The molecule has 1 aliphatic rings. The molecule has 0 bridgehead atoms. The van der Waals surface area contributed by atoms with Gasteiger partial charge in [-0.2, -0.15) is 0 Å². The Morgan fingerprint density at radius 1 is 1.29 bits per heavy atom. The molecule has 1 amide bonds. The standard InChI is InChI=1S/C17H26N2O5/c1-6-22-15(20)13-11(2)18-24-14(13)12-7-9-19(10-8-12)16(21)23-17(3,4)5/h12H,6-10H2,1-5H3. The molecule has 1 aromatic rings. The molecule has 0 aliphatic carbocycles. The van der Waals surface area contributed by atoms with Gasteiger partial charge in [-0.05, 0) is 47.5 Å². The number of hydrogen-bond donors (Lipinski definition) is 0. The molecule has 7 heteroatoms. The largest absolute Gasteiger partial charge is 0.462 e. The van der Waals surface area contributed by atoms with Crippen molar-refractivity contribution >= 4 is 12.1 Å². The maximum absolute atomic E-state index is 12.1. The van der Waals surface area contributed by atoms with Crippen LogP contribution < -0.4 is 0 Å². The highest BCUT2D eigenvalue weighted by Crippen LogP contribution is 2.32. The summed E-state index contributed by atoms with van der Waals surface area (Å²) in [7, 11) is 0. The number of aromatic nitrogens is 1. The Hall–Kier alpha value is -2.05. The van der Waals surface area contributed by atoms with E-state index in [0.717, 1.165) is 0 Å². The van der Waals surface area contributed by atoms with Crippen LogP contribution in [0.25, 0.3) is 0 Å². The van der Waals surface area contributed by atoms with Gasteiger partial charge in [0.1, 0.15) is 11.2 Å². The van der Waals surface area contributed by atoms with Crippen molar-refractivity contribution in [1.82, 2.24) is 10.1 Å². The van der Waals surface area contributed by atoms with Crippen molar-refractivity contribution in [3.63, 3.8) is 0 Å². The number of carbonyl (C=O) groups excluding carboxylic acids is 2. The zero-order valence-electron chi connectivity index (χ0n) is 15.0. The Morgan fingerprint density at radius 2 is 1.92 bits per heavy atom. The molecule has 1 saturated heterocycles. The average molecular weight is 338 g/mol. The van der Waals surface area contributed by atoms with Gasteiger partial charge in [0.15, 0.2) is 5.76 Å². The van der Waals surface area contributed by atoms with Crippen LogP contribution in [0.4, 0.5) is 4.79 Å². The van der Waals surface area contributed by atoms with Gasteiger partial charge in [-0.15, -0.1) is 0 Å². The Balaban J connectivity index is 2.03. The molecule has 1 fully saturated rings. The highest BCUT2D eigenvalue weighted by atomic mass is 16.6. The quantitative estimate of drug-likeness (QED) is 0.787. The third-order valence-electron chi connectivity index (χ3n) is 3.89. The van der Waals surface area contributed by atoms with Crippen LogP contribution in [0, 0.1) is 6.92 Å². The lowest BCUT2D eigenvalue weighted by atomic mass is 9.91. The molecular weight excluding hydrogens is 312 g/mol. The highest BCUT2D eigenvalue weighted by Gasteiger charge is 2.33. The fraction of sp³-hybridized carbons (Fsp3) is 0.706. The summed E-state index contributed by atoms with van der Waals surface area (Å²) in [6.07, 6.45) is 1.08. The number of ether oxygens (including phenoxy) is 2. The van der Waals surface area contributed by atoms with Gasteiger partial charge < -0.3 is 18.9 Å². The summed E-state index contributed by atoms with van der Waals surface area (Å²) in [6, 6.07) is 0. The molecule has 2 heterocycles. The number of aryl methyl sites for hydroxylation is 1. The predicted molar refractivity (Wildman–Crippen MR) is 87.0 cm³/mol. The van der Waals surface area contributed by atoms with Gasteiger partial charge in [-0.25, -0.2) is 9.59 Å². The smallest absolute Gasteiger partial charge is 0.410 e. The Bertz CT molecular complexity index is 595. The first-order valence-electron chi connectivity index (χ1n) is 8.34. The Kier molecular flexibility index (Phi) is 5.51. The van der Waals surface area contributed by atoms with Crippen LogP contribution in [0.5, 0.6) is 0 Å². The number of amides is 1. The van der Waals surface area contributed by atoms with Crippen molar-refractivity contribution in [1.29, 1.82) is 0 Å². The molecule has 1 aliphatic heterocycles. The summed E-state index contributed by atoms with van der Waals surface area (Å²) in [4.78, 5) is 25.9. The molecular formula is C17H26N2O5. The minimum absolute atomic E-state index is 0.0456. The first kappa shape index (κ1) is 18.3. The molecule has 0 N–H and O–H groups in total. The van der Waals surface area contributed by atoms with E-state index in [1.807, 2.05) is 20.8 Å². The molecule has 24 heavy (non-hydrogen) atoms. The lowest BCUT2D eigenvalue weighted by Gasteiger charge is -2.32. The second kappa shape index (κ2) is 7.23. The first-order chi connectivity index (χ1) is 11.2. The molecule has 0 atom stereocenters. The van der Waals surface area contributed by atoms with Gasteiger partial charge in [0.2, 0.25) is 0 Å². The number of nitrogens with zero attached hydrogens (tertiary/aromatic N) is 2. The molecule has 0 unspecified atom stereocenters. The van der Waals surface area contributed by atoms with E-state index in [1.54, 1.807) is 18.7 Å². The van der Waals surface area contributed by atoms with Crippen LogP contribution in [-0.4, -0.2) is 47.4 Å². The zero-order chi connectivity index (χ0) is 17.9. The molecule has 0 spiro atoms. The van der Waals surface area contributed by atoms with Crippen molar-refractivity contribution in [2.75, 3.05) is 19.7 Å². The highest BCUT2D eigenvalue weighted by molar-refractivity contribution is 5.91. The van der Waals surface area contributed by atoms with Crippen molar-refractivity contribution in [3.05, 3.63) is 17.0 Å². The SMILES string of the molecule is CCOC(=O)c1c(C)noc1C1CCN(C(=O)OC(C)(C)C)CC1. The topological polar surface area (TPSA) is 81.9 Å². The van der Waals surface area contributed by atoms with Crippen molar-refractivity contribution in [2.24, 2.45) is 0 Å². The molecule has 134 valence electrons. The number of hydrogen-bond acceptors (Lipinski definition) is 6. The molecule has 0 saturated carbocycles. The monoisotopic (exact) mass is 338 g/mol. The summed E-state index contributed by atoms with van der Waals surface area (Å²) >= 11 is 0. The van der Waals surface area contributed by atoms with E-state index < -0.39 is 11.6 Å². The fourth-order valence-corrected chi connectivity index (χ4v) is 2.77. The van der Waals surface area contributed by atoms with E-state index in [1.165, 1.54) is 0 Å². The third-order valence-corrected chi connectivity index (χ3v) is 3.89. The van der Waals surface area contributed by atoms with E-state index in [-0.39, 0.29) is 12.0 Å². The molecule has 2 rings (SSSR count). The normalized spacial score (nSPS) is 16.1. The summed E-state index contributed by atoms with van der Waals surface area (Å²) in [5.41, 5.74) is 0.457. The van der Waals surface area contributed by atoms with E-state index in [9.17, 15) is 9.59 Å². The van der Waals surface area contributed by atoms with Crippen molar-refractivity contribution in [2.45, 2.75) is 59.0 Å². The lowest BCUT2D eigenvalue weighted by molar-refractivity contribution is 0.0197. The van der Waals surface area contributed by atoms with Gasteiger partial charge in [0, 0.05) is 19.0 Å². The number of rotatable bonds is 3. The van der Waals surface area contributed by atoms with Gasteiger partial charge in [0.05, 0.1) is 12.3 Å². The minimum Gasteiger partial charge on any atom is -0.462 e. The lowest BCUT2D eigenvalue weighted by Crippen LogP contribution is -2.41. The van der Waals surface area contributed by atoms with Crippen LogP contribution in [0.1, 0.15) is 68.3 Å². The summed E-state index contributed by atoms with van der Waals surface area (Å²) in [6.45, 7) is 10.5. The third kappa shape index (κ3) is 4.27. The van der Waals surface area contributed by atoms with Crippen LogP contribution in [0.15, 0.2) is 4.52 Å². The molecule has 7 nitrogen and oxygen atoms in total. The van der Waals surface area contributed by atoms with E-state index in [2.05, 4.69) is 5.16 Å². The van der Waals surface area contributed by atoms with Crippen LogP contribution in [0.2, 0.25) is 0 Å². The van der Waals surface area contributed by atoms with Gasteiger partial charge >= 0.3 is 12.1 Å². The maximum Gasteiger partial charge on any atom is 0.410 e. The second-order valence-corrected chi connectivity index (χ2v) is 6.97. The minimum atomic E-state index is -0.507. The summed E-state index contributed by atoms with van der Waals surface area (Å²) < 4.78 is 15.9. The maximum atomic E-state index is 12.1. The van der Waals surface area contributed by atoms with Crippen LogP contribution in [-0.2, 0) is 9.47 Å². The number of piperidine rings is 1. The Labute approximate surface area is 142 Å². The van der Waals surface area contributed by atoms with E-state index >= 15 is 0 Å². The summed E-state index contributed by atoms with van der Waals surface area (Å²) in [5, 5.41) is 3.92. The molecule has 0 radical (unpaired) electrons. The van der Waals surface area contributed by atoms with Gasteiger partial charge in [-0.1, -0.05) is 5.16 Å². The molecule has 0 aromatic carbocycles. The van der Waals surface area contributed by atoms with Crippen molar-refractivity contribution in [3.8, 4) is 0 Å². The van der Waals surface area contributed by atoms with E-state index in [0.29, 0.717) is 49.6 Å². The molecule has 1 aromatic heterocycles. The van der Waals surface area contributed by atoms with Gasteiger partial charge in [-0.3, -0.25) is 0 Å². The van der Waals surface area contributed by atoms with E-state index in [4.69, 9.17) is 14.0 Å². The fourth-order valence-electron chi connectivity index (χ4n) is 2.77. The second-order valence-electron chi connectivity index (χ2n) is 6.97. The number of likely N-dealkylation sites (tertiary alicyclic amines) is 1. The number of esters is 1. The zero-order valence-corrected chi connectivity index (χ0v) is 15.0. The van der Waals surface area contributed by atoms with Gasteiger partial charge in [0.25, 0.3) is 0 Å². The number of carbonyl (C=O) groups is 2. The van der Waals surface area contributed by atoms with Crippen LogP contribution >= 0.6 is 0 Å². The Morgan fingerprint density at radius 3 is 2.46 bits per heavy atom. The first-order valence-corrected chi connectivity index (χ1v) is 8.34.